The van der Waals surface area contributed by atoms with Crippen molar-refractivity contribution < 1.29 is 9.18 Å². The van der Waals surface area contributed by atoms with E-state index in [9.17, 15) is 9.18 Å². The van der Waals surface area contributed by atoms with Crippen molar-refractivity contribution in [2.75, 3.05) is 6.54 Å². The molecule has 2 aromatic heterocycles. The maximum absolute atomic E-state index is 13.4. The Morgan fingerprint density at radius 3 is 3.07 bits per heavy atom. The molecule has 1 aliphatic heterocycles. The van der Waals surface area contributed by atoms with Crippen LogP contribution < -0.4 is 11.1 Å². The highest BCUT2D eigenvalue weighted by molar-refractivity contribution is 7.14. The van der Waals surface area contributed by atoms with Crippen LogP contribution in [-0.2, 0) is 19.4 Å². The van der Waals surface area contributed by atoms with Crippen LogP contribution in [0, 0.1) is 5.82 Å². The quantitative estimate of drug-likeness (QED) is 0.664. The summed E-state index contributed by atoms with van der Waals surface area (Å²) in [4.78, 5) is 14.6. The Labute approximate surface area is 171 Å². The molecule has 3 aromatic rings. The number of thiophene rings is 1. The number of aryl methyl sites for hydroxylation is 2. The number of nitrogens with two attached hydrogens (primary N) is 1. The molecule has 1 atom stereocenters. The van der Waals surface area contributed by atoms with E-state index in [1.54, 1.807) is 12.3 Å². The Bertz CT molecular complexity index is 1020. The molecule has 28 heavy (non-hydrogen) atoms. The van der Waals surface area contributed by atoms with Gasteiger partial charge in [0.25, 0.3) is 5.91 Å². The molecule has 5 nitrogen and oxygen atoms in total. The molecule has 4 rings (SSSR count). The van der Waals surface area contributed by atoms with Crippen LogP contribution >= 0.6 is 22.9 Å². The summed E-state index contributed by atoms with van der Waals surface area (Å²) < 4.78 is 15.3. The molecule has 3 heterocycles. The minimum atomic E-state index is -0.296. The standard InChI is InChI=1S/C20H20ClFN4OS/c21-16-11-24-26-6-2-5-17-15(19(16)26)9-18(28-17)20(27)25-14(10-23)8-12-3-1-4-13(22)7-12/h1,3-4,7,9,11,14H,2,5-6,8,10,23H2,(H,25,27). The van der Waals surface area contributed by atoms with Crippen molar-refractivity contribution in [3.05, 3.63) is 62.7 Å². The van der Waals surface area contributed by atoms with Gasteiger partial charge in [0.05, 0.1) is 21.8 Å². The van der Waals surface area contributed by atoms with E-state index in [2.05, 4.69) is 10.4 Å². The van der Waals surface area contributed by atoms with Crippen LogP contribution in [0.15, 0.2) is 36.5 Å². The number of carbonyl (C=O) groups excluding carboxylic acids is 1. The fourth-order valence-electron chi connectivity index (χ4n) is 3.51. The fraction of sp³-hybridized carbons (Fsp3) is 0.300. The smallest absolute Gasteiger partial charge is 0.261 e. The maximum Gasteiger partial charge on any atom is 0.261 e. The first-order chi connectivity index (χ1) is 13.5. The van der Waals surface area contributed by atoms with Crippen LogP contribution in [0.4, 0.5) is 4.39 Å². The van der Waals surface area contributed by atoms with Crippen molar-refractivity contribution in [3.8, 4) is 11.3 Å². The summed E-state index contributed by atoms with van der Waals surface area (Å²) in [6, 6.07) is 7.96. The van der Waals surface area contributed by atoms with E-state index in [0.717, 1.165) is 41.1 Å². The summed E-state index contributed by atoms with van der Waals surface area (Å²) in [7, 11) is 0. The molecule has 0 saturated heterocycles. The van der Waals surface area contributed by atoms with E-state index in [0.29, 0.717) is 16.3 Å². The number of aromatic nitrogens is 2. The average molecular weight is 419 g/mol. The summed E-state index contributed by atoms with van der Waals surface area (Å²) in [5, 5.41) is 7.90. The van der Waals surface area contributed by atoms with Gasteiger partial charge in [0.2, 0.25) is 0 Å². The van der Waals surface area contributed by atoms with Crippen molar-refractivity contribution in [2.45, 2.75) is 31.8 Å². The first kappa shape index (κ1) is 19.1. The second-order valence-electron chi connectivity index (χ2n) is 6.86. The van der Waals surface area contributed by atoms with Crippen LogP contribution in [0.25, 0.3) is 11.3 Å². The molecule has 1 amide bonds. The second-order valence-corrected chi connectivity index (χ2v) is 8.40. The molecule has 0 aliphatic carbocycles. The largest absolute Gasteiger partial charge is 0.347 e. The van der Waals surface area contributed by atoms with Gasteiger partial charge in [-0.3, -0.25) is 9.48 Å². The van der Waals surface area contributed by atoms with Crippen LogP contribution in [-0.4, -0.2) is 28.3 Å². The molecule has 0 radical (unpaired) electrons. The number of rotatable bonds is 5. The molecular formula is C20H20ClFN4OS. The highest BCUT2D eigenvalue weighted by atomic mass is 35.5. The van der Waals surface area contributed by atoms with Crippen molar-refractivity contribution >= 4 is 28.8 Å². The zero-order chi connectivity index (χ0) is 19.7. The lowest BCUT2D eigenvalue weighted by Gasteiger charge is -2.16. The van der Waals surface area contributed by atoms with Gasteiger partial charge in [-0.2, -0.15) is 5.10 Å². The predicted molar refractivity (Wildman–Crippen MR) is 109 cm³/mol. The van der Waals surface area contributed by atoms with Crippen LogP contribution in [0.1, 0.15) is 26.5 Å². The summed E-state index contributed by atoms with van der Waals surface area (Å²) in [5.41, 5.74) is 8.49. The Morgan fingerprint density at radius 1 is 1.43 bits per heavy atom. The molecule has 1 aliphatic rings. The molecule has 1 unspecified atom stereocenters. The fourth-order valence-corrected chi connectivity index (χ4v) is 4.86. The number of halogens is 2. The molecule has 0 fully saturated rings. The zero-order valence-electron chi connectivity index (χ0n) is 15.1. The summed E-state index contributed by atoms with van der Waals surface area (Å²) >= 11 is 7.81. The van der Waals surface area contributed by atoms with Gasteiger partial charge in [0, 0.05) is 29.6 Å². The molecule has 8 heteroatoms. The first-order valence-corrected chi connectivity index (χ1v) is 10.3. The molecule has 0 bridgehead atoms. The van der Waals surface area contributed by atoms with E-state index in [-0.39, 0.29) is 24.3 Å². The van der Waals surface area contributed by atoms with E-state index in [1.807, 2.05) is 16.8 Å². The highest BCUT2D eigenvalue weighted by Gasteiger charge is 2.24. The van der Waals surface area contributed by atoms with Gasteiger partial charge >= 0.3 is 0 Å². The number of hydrogen-bond donors (Lipinski definition) is 2. The Balaban J connectivity index is 1.54. The zero-order valence-corrected chi connectivity index (χ0v) is 16.7. The molecule has 146 valence electrons. The lowest BCUT2D eigenvalue weighted by Crippen LogP contribution is -2.41. The van der Waals surface area contributed by atoms with Gasteiger partial charge in [-0.15, -0.1) is 11.3 Å². The third kappa shape index (κ3) is 3.83. The van der Waals surface area contributed by atoms with E-state index in [1.165, 1.54) is 23.5 Å². The number of fused-ring (bicyclic) bond motifs is 3. The van der Waals surface area contributed by atoms with Crippen molar-refractivity contribution in [2.24, 2.45) is 5.73 Å². The Hall–Kier alpha value is -2.22. The van der Waals surface area contributed by atoms with E-state index < -0.39 is 0 Å². The highest BCUT2D eigenvalue weighted by Crippen LogP contribution is 2.38. The predicted octanol–water partition coefficient (Wildman–Crippen LogP) is 3.65. The van der Waals surface area contributed by atoms with E-state index >= 15 is 0 Å². The van der Waals surface area contributed by atoms with Gasteiger partial charge in [-0.1, -0.05) is 23.7 Å². The number of carbonyl (C=O) groups is 1. The SMILES string of the molecule is NCC(Cc1cccc(F)c1)NC(=O)c1cc2c(s1)CCCn1ncc(Cl)c1-2. The van der Waals surface area contributed by atoms with Crippen LogP contribution in [0.5, 0.6) is 0 Å². The summed E-state index contributed by atoms with van der Waals surface area (Å²) in [6.45, 7) is 1.08. The van der Waals surface area contributed by atoms with Gasteiger partial charge < -0.3 is 11.1 Å². The average Bonchev–Trinajstić information content (AvgIpc) is 3.20. The second kappa shape index (κ2) is 8.03. The summed E-state index contributed by atoms with van der Waals surface area (Å²) in [5.74, 6) is -0.470. The van der Waals surface area contributed by atoms with Crippen molar-refractivity contribution in [1.82, 2.24) is 15.1 Å². The monoisotopic (exact) mass is 418 g/mol. The topological polar surface area (TPSA) is 72.9 Å². The minimum absolute atomic E-state index is 0.174. The Kier molecular flexibility index (Phi) is 5.48. The maximum atomic E-state index is 13.4. The molecule has 0 saturated carbocycles. The number of nitrogens with one attached hydrogen (secondary N) is 1. The van der Waals surface area contributed by atoms with Gasteiger partial charge in [0.15, 0.2) is 0 Å². The number of amides is 1. The third-order valence-corrected chi connectivity index (χ3v) is 6.32. The lowest BCUT2D eigenvalue weighted by atomic mass is 10.1. The number of hydrogen-bond acceptors (Lipinski definition) is 4. The lowest BCUT2D eigenvalue weighted by molar-refractivity contribution is 0.0942. The van der Waals surface area contributed by atoms with Gasteiger partial charge in [0.1, 0.15) is 5.82 Å². The number of benzene rings is 1. The van der Waals surface area contributed by atoms with Crippen LogP contribution in [0.2, 0.25) is 5.02 Å². The van der Waals surface area contributed by atoms with Crippen molar-refractivity contribution in [1.29, 1.82) is 0 Å². The third-order valence-electron chi connectivity index (χ3n) is 4.85. The summed E-state index contributed by atoms with van der Waals surface area (Å²) in [6.07, 6.45) is 3.96. The van der Waals surface area contributed by atoms with Gasteiger partial charge in [-0.05, 0) is 43.0 Å². The normalized spacial score (nSPS) is 14.1. The molecule has 1 aromatic carbocycles. The molecule has 0 spiro atoms. The molecule has 3 N–H and O–H groups in total. The number of nitrogens with zero attached hydrogens (tertiary/aromatic N) is 2. The first-order valence-electron chi connectivity index (χ1n) is 9.15. The van der Waals surface area contributed by atoms with Gasteiger partial charge in [-0.25, -0.2) is 4.39 Å². The van der Waals surface area contributed by atoms with E-state index in [4.69, 9.17) is 17.3 Å². The minimum Gasteiger partial charge on any atom is -0.347 e. The molecular weight excluding hydrogens is 399 g/mol. The Morgan fingerprint density at radius 2 is 2.29 bits per heavy atom. The van der Waals surface area contributed by atoms with Crippen LogP contribution in [0.3, 0.4) is 0 Å². The van der Waals surface area contributed by atoms with Crippen molar-refractivity contribution in [3.63, 3.8) is 0 Å².